The molecule has 0 bridgehead atoms. The summed E-state index contributed by atoms with van der Waals surface area (Å²) in [5.74, 6) is -2.62. The second-order valence-corrected chi connectivity index (χ2v) is 12.5. The van der Waals surface area contributed by atoms with Crippen LogP contribution in [-0.4, -0.2) is 57.6 Å². The smallest absolute Gasteiger partial charge is 0.418 e. The van der Waals surface area contributed by atoms with E-state index >= 15 is 4.39 Å². The third kappa shape index (κ3) is 8.40. The molecule has 1 amide bonds. The summed E-state index contributed by atoms with van der Waals surface area (Å²) in [6.45, 7) is 2.88. The first-order valence-electron chi connectivity index (χ1n) is 15.7. The topological polar surface area (TPSA) is 159 Å². The van der Waals surface area contributed by atoms with E-state index in [4.69, 9.17) is 19.7 Å². The number of ether oxygens (including phenoxy) is 2. The SMILES string of the molecule is CNCC(=O)OCc1cccnc1N(C)C(=O)OC(C)n1c[n+](C[C@](O)(c2cc(F)ccc2F)[C@@H](C)c2nc(-c3ccc(C#N)cc3)cs2)cn1. The summed E-state index contributed by atoms with van der Waals surface area (Å²) >= 11 is 1.25. The Balaban J connectivity index is 1.35. The molecule has 5 rings (SSSR count). The first kappa shape index (κ1) is 36.6. The zero-order chi connectivity index (χ0) is 36.7. The lowest BCUT2D eigenvalue weighted by Crippen LogP contribution is -2.48. The summed E-state index contributed by atoms with van der Waals surface area (Å²) in [6, 6.07) is 15.1. The minimum atomic E-state index is -2.02. The fourth-order valence-corrected chi connectivity index (χ4v) is 6.24. The van der Waals surface area contributed by atoms with E-state index in [-0.39, 0.29) is 31.1 Å². The zero-order valence-corrected chi connectivity index (χ0v) is 29.0. The monoisotopic (exact) mass is 717 g/mol. The molecule has 1 unspecified atom stereocenters. The van der Waals surface area contributed by atoms with Crippen LogP contribution in [0.25, 0.3) is 11.3 Å². The number of amides is 1. The van der Waals surface area contributed by atoms with Crippen LogP contribution in [0.3, 0.4) is 0 Å². The molecule has 16 heteroatoms. The van der Waals surface area contributed by atoms with Crippen LogP contribution < -0.4 is 14.8 Å². The summed E-state index contributed by atoms with van der Waals surface area (Å²) < 4.78 is 43.5. The first-order chi connectivity index (χ1) is 24.4. The van der Waals surface area contributed by atoms with Gasteiger partial charge >= 0.3 is 12.1 Å². The van der Waals surface area contributed by atoms with Gasteiger partial charge in [0.25, 0.3) is 12.6 Å². The fourth-order valence-electron chi connectivity index (χ4n) is 5.27. The van der Waals surface area contributed by atoms with E-state index in [2.05, 4.69) is 21.5 Å². The quantitative estimate of drug-likeness (QED) is 0.130. The number of aliphatic hydroxyl groups is 1. The number of anilines is 1. The molecule has 0 saturated heterocycles. The Bertz CT molecular complexity index is 2050. The lowest BCUT2D eigenvalue weighted by atomic mass is 9.82. The van der Waals surface area contributed by atoms with Crippen LogP contribution in [0, 0.1) is 23.0 Å². The largest absolute Gasteiger partial charge is 0.460 e. The van der Waals surface area contributed by atoms with Crippen LogP contribution in [0.5, 0.6) is 0 Å². The number of hydrogen-bond donors (Lipinski definition) is 2. The van der Waals surface area contributed by atoms with Gasteiger partial charge in [0.1, 0.15) is 36.2 Å². The number of hydrogen-bond acceptors (Lipinski definition) is 11. The molecular weight excluding hydrogens is 682 g/mol. The maximum absolute atomic E-state index is 15.3. The highest BCUT2D eigenvalue weighted by Gasteiger charge is 2.43. The number of carbonyl (C=O) groups excluding carboxylic acids is 2. The van der Waals surface area contributed by atoms with Crippen molar-refractivity contribution in [1.82, 2.24) is 25.1 Å². The molecule has 51 heavy (non-hydrogen) atoms. The Labute approximate surface area is 296 Å². The van der Waals surface area contributed by atoms with E-state index in [1.807, 2.05) is 0 Å². The minimum Gasteiger partial charge on any atom is -0.460 e. The lowest BCUT2D eigenvalue weighted by molar-refractivity contribution is -0.713. The number of benzene rings is 2. The molecule has 264 valence electrons. The summed E-state index contributed by atoms with van der Waals surface area (Å²) in [5, 5.41) is 30.6. The van der Waals surface area contributed by atoms with Crippen LogP contribution in [0.2, 0.25) is 0 Å². The van der Waals surface area contributed by atoms with Crippen molar-refractivity contribution in [3.8, 4) is 17.3 Å². The molecule has 0 saturated carbocycles. The second-order valence-electron chi connectivity index (χ2n) is 11.6. The van der Waals surface area contributed by atoms with E-state index in [1.54, 1.807) is 62.7 Å². The number of likely N-dealkylation sites (N-methyl/N-ethyl adjacent to an activating group) is 1. The molecule has 13 nitrogen and oxygen atoms in total. The molecule has 3 aromatic heterocycles. The number of thiazole rings is 1. The van der Waals surface area contributed by atoms with Gasteiger partial charge in [0.15, 0.2) is 0 Å². The molecule has 0 aliphatic carbocycles. The maximum atomic E-state index is 15.3. The summed E-state index contributed by atoms with van der Waals surface area (Å²) in [7, 11) is 3.08. The van der Waals surface area contributed by atoms with Gasteiger partial charge in [-0.25, -0.2) is 28.1 Å². The van der Waals surface area contributed by atoms with Crippen molar-refractivity contribution in [3.05, 3.63) is 112 Å². The van der Waals surface area contributed by atoms with Crippen LogP contribution in [0.4, 0.5) is 19.4 Å². The highest BCUT2D eigenvalue weighted by Crippen LogP contribution is 2.41. The number of esters is 1. The number of nitrogens with zero attached hydrogens (tertiary/aromatic N) is 7. The highest BCUT2D eigenvalue weighted by atomic mass is 32.1. The Morgan fingerprint density at radius 3 is 2.69 bits per heavy atom. The first-order valence-corrected chi connectivity index (χ1v) is 16.6. The molecule has 0 fully saturated rings. The van der Waals surface area contributed by atoms with Crippen molar-refractivity contribution in [2.75, 3.05) is 25.5 Å². The van der Waals surface area contributed by atoms with E-state index in [0.29, 0.717) is 21.8 Å². The lowest BCUT2D eigenvalue weighted by Gasteiger charge is -2.32. The molecule has 0 spiro atoms. The van der Waals surface area contributed by atoms with E-state index in [0.717, 1.165) is 23.8 Å². The summed E-state index contributed by atoms with van der Waals surface area (Å²) in [4.78, 5) is 35.1. The third-order valence-corrected chi connectivity index (χ3v) is 9.18. The van der Waals surface area contributed by atoms with E-state index in [1.165, 1.54) is 51.4 Å². The van der Waals surface area contributed by atoms with Gasteiger partial charge in [-0.15, -0.1) is 11.3 Å². The van der Waals surface area contributed by atoms with Crippen molar-refractivity contribution in [2.45, 2.75) is 44.7 Å². The van der Waals surface area contributed by atoms with Crippen LogP contribution in [0.1, 0.15) is 47.7 Å². The van der Waals surface area contributed by atoms with Gasteiger partial charge in [-0.3, -0.25) is 9.69 Å². The van der Waals surface area contributed by atoms with Gasteiger partial charge < -0.3 is 19.9 Å². The molecule has 2 N–H and O–H groups in total. The van der Waals surface area contributed by atoms with Crippen LogP contribution in [0.15, 0.2) is 78.8 Å². The number of halogens is 2. The second kappa shape index (κ2) is 15.9. The molecule has 3 heterocycles. The minimum absolute atomic E-state index is 0.0219. The summed E-state index contributed by atoms with van der Waals surface area (Å²) in [5.41, 5.74) is 0.0388. The van der Waals surface area contributed by atoms with Gasteiger partial charge in [-0.2, -0.15) is 5.26 Å². The number of pyridine rings is 1. The Morgan fingerprint density at radius 1 is 1.20 bits per heavy atom. The average molecular weight is 718 g/mol. The zero-order valence-electron chi connectivity index (χ0n) is 28.2. The average Bonchev–Trinajstić information content (AvgIpc) is 3.82. The molecule has 0 radical (unpaired) electrons. The normalized spacial score (nSPS) is 13.5. The molecular formula is C35H35F2N8O5S+. The summed E-state index contributed by atoms with van der Waals surface area (Å²) in [6.07, 6.45) is 2.58. The number of nitrogens with one attached hydrogen (secondary N) is 1. The fraction of sp³-hybridized carbons (Fsp3) is 0.286. The van der Waals surface area contributed by atoms with Crippen molar-refractivity contribution in [2.24, 2.45) is 0 Å². The Kier molecular flexibility index (Phi) is 11.4. The van der Waals surface area contributed by atoms with Crippen LogP contribution in [-0.2, 0) is 33.0 Å². The maximum Gasteiger partial charge on any atom is 0.418 e. The van der Waals surface area contributed by atoms with Gasteiger partial charge in [-0.05, 0) is 43.4 Å². The van der Waals surface area contributed by atoms with E-state index < -0.39 is 41.4 Å². The van der Waals surface area contributed by atoms with Gasteiger partial charge in [-0.1, -0.05) is 29.8 Å². The predicted octanol–water partition coefficient (Wildman–Crippen LogP) is 4.58. The number of nitriles is 1. The van der Waals surface area contributed by atoms with Gasteiger partial charge in [0, 0.05) is 53.3 Å². The van der Waals surface area contributed by atoms with Gasteiger partial charge in [0.05, 0.1) is 28.9 Å². The van der Waals surface area contributed by atoms with E-state index in [9.17, 15) is 19.1 Å². The van der Waals surface area contributed by atoms with Crippen molar-refractivity contribution in [3.63, 3.8) is 0 Å². The molecule has 0 aliphatic rings. The number of rotatable bonds is 13. The van der Waals surface area contributed by atoms with Crippen molar-refractivity contribution >= 4 is 29.2 Å². The standard InChI is InChI=1S/C35H35F2N8O5S/c1-22(33-42-30(18-51-33)25-9-7-24(15-38)8-10-25)35(48,28-14-27(36)11-12-29(28)37)19-44-20-41-45(21-44)23(2)50-34(47)43(4)32-26(6-5-13-40-32)17-49-31(46)16-39-3/h5-14,18,20-23,39,48H,16-17,19H2,1-4H3/q+1/t22-,23?,35+/m0/s1. The molecule has 3 atom stereocenters. The Hall–Kier alpha value is -5.63. The molecule has 5 aromatic rings. The van der Waals surface area contributed by atoms with Gasteiger partial charge in [0.2, 0.25) is 6.33 Å². The Morgan fingerprint density at radius 2 is 1.96 bits per heavy atom. The molecule has 0 aliphatic heterocycles. The van der Waals surface area contributed by atoms with Crippen molar-refractivity contribution < 1.29 is 37.5 Å². The number of aromatic nitrogens is 5. The van der Waals surface area contributed by atoms with Crippen LogP contribution >= 0.6 is 11.3 Å². The van der Waals surface area contributed by atoms with Crippen molar-refractivity contribution in [1.29, 1.82) is 5.26 Å². The number of carbonyl (C=O) groups is 2. The predicted molar refractivity (Wildman–Crippen MR) is 181 cm³/mol. The molecule has 2 aromatic carbocycles. The highest BCUT2D eigenvalue weighted by molar-refractivity contribution is 7.10. The third-order valence-electron chi connectivity index (χ3n) is 8.15.